The minimum atomic E-state index is -0.513. The number of nitrogens with zero attached hydrogens (tertiary/aromatic N) is 1. The summed E-state index contributed by atoms with van der Waals surface area (Å²) in [6, 6.07) is 13.7. The second kappa shape index (κ2) is 7.58. The van der Waals surface area contributed by atoms with Crippen molar-refractivity contribution in [1.29, 1.82) is 0 Å². The Labute approximate surface area is 163 Å². The van der Waals surface area contributed by atoms with Crippen molar-refractivity contribution in [3.63, 3.8) is 0 Å². The molecule has 0 radical (unpaired) electrons. The van der Waals surface area contributed by atoms with Crippen molar-refractivity contribution < 1.29 is 9.59 Å². The van der Waals surface area contributed by atoms with Crippen LogP contribution in [-0.2, 0) is 4.79 Å². The molecule has 1 fully saturated rings. The second-order valence-electron chi connectivity index (χ2n) is 4.96. The molecule has 8 heteroatoms. The molecule has 0 atom stereocenters. The first-order valence-electron chi connectivity index (χ1n) is 7.05. The number of carbonyl (C=O) groups excluding carboxylic acids is 2. The van der Waals surface area contributed by atoms with Gasteiger partial charge in [0.2, 0.25) is 0 Å². The minimum absolute atomic E-state index is 0.226. The Hall–Kier alpha value is -1.86. The van der Waals surface area contributed by atoms with Crippen molar-refractivity contribution in [2.75, 3.05) is 0 Å². The average Bonchev–Trinajstić information content (AvgIpc) is 2.85. The number of hydrazine groups is 1. The van der Waals surface area contributed by atoms with Crippen LogP contribution in [0.1, 0.15) is 15.9 Å². The highest BCUT2D eigenvalue weighted by molar-refractivity contribution is 8.26. The van der Waals surface area contributed by atoms with Crippen LogP contribution < -0.4 is 5.43 Å². The van der Waals surface area contributed by atoms with Gasteiger partial charge in [-0.2, -0.15) is 5.01 Å². The van der Waals surface area contributed by atoms with E-state index < -0.39 is 11.8 Å². The fraction of sp³-hybridized carbons (Fsp3) is 0. The van der Waals surface area contributed by atoms with Gasteiger partial charge in [-0.1, -0.05) is 65.3 Å². The highest BCUT2D eigenvalue weighted by Crippen LogP contribution is 2.32. The van der Waals surface area contributed by atoms with Gasteiger partial charge >= 0.3 is 0 Å². The largest absolute Gasteiger partial charge is 0.285 e. The molecule has 2 aromatic carbocycles. The lowest BCUT2D eigenvalue weighted by Gasteiger charge is -2.16. The molecule has 4 nitrogen and oxygen atoms in total. The molecule has 0 spiro atoms. The number of carbonyl (C=O) groups is 2. The molecule has 0 saturated carbocycles. The van der Waals surface area contributed by atoms with Crippen LogP contribution in [0, 0.1) is 0 Å². The number of hydrogen-bond acceptors (Lipinski definition) is 4. The molecule has 0 aliphatic carbocycles. The summed E-state index contributed by atoms with van der Waals surface area (Å²) in [5, 5.41) is 1.85. The molecule has 1 aliphatic rings. The zero-order chi connectivity index (χ0) is 18.0. The van der Waals surface area contributed by atoms with Crippen LogP contribution in [0.4, 0.5) is 0 Å². The number of nitrogens with one attached hydrogen (secondary N) is 1. The molecule has 0 unspecified atom stereocenters. The van der Waals surface area contributed by atoms with E-state index in [1.54, 1.807) is 48.5 Å². The van der Waals surface area contributed by atoms with E-state index in [0.29, 0.717) is 15.5 Å². The summed E-state index contributed by atoms with van der Waals surface area (Å²) in [5.41, 5.74) is 3.44. The summed E-state index contributed by atoms with van der Waals surface area (Å²) >= 11 is 18.4. The van der Waals surface area contributed by atoms with Crippen LogP contribution in [0.3, 0.4) is 0 Å². The first-order chi connectivity index (χ1) is 12.0. The zero-order valence-corrected chi connectivity index (χ0v) is 15.7. The maximum atomic E-state index is 12.5. The van der Waals surface area contributed by atoms with Crippen molar-refractivity contribution in [3.05, 3.63) is 74.6 Å². The maximum absolute atomic E-state index is 12.5. The van der Waals surface area contributed by atoms with Gasteiger partial charge in [0.05, 0.1) is 15.5 Å². The van der Waals surface area contributed by atoms with E-state index in [4.69, 9.17) is 35.4 Å². The van der Waals surface area contributed by atoms with Crippen molar-refractivity contribution >= 4 is 69.4 Å². The fourth-order valence-electron chi connectivity index (χ4n) is 2.10. The van der Waals surface area contributed by atoms with Crippen LogP contribution in [0.5, 0.6) is 0 Å². The molecule has 1 N–H and O–H groups in total. The number of amides is 2. The van der Waals surface area contributed by atoms with Crippen molar-refractivity contribution in [1.82, 2.24) is 10.4 Å². The maximum Gasteiger partial charge on any atom is 0.285 e. The number of rotatable bonds is 3. The van der Waals surface area contributed by atoms with Gasteiger partial charge in [-0.05, 0) is 42.1 Å². The van der Waals surface area contributed by atoms with Crippen LogP contribution in [-0.4, -0.2) is 21.1 Å². The number of benzene rings is 2. The number of hydrogen-bond donors (Lipinski definition) is 1. The van der Waals surface area contributed by atoms with Crippen LogP contribution >= 0.6 is 47.2 Å². The molecular formula is C17H10Cl2N2O2S2. The predicted molar refractivity (Wildman–Crippen MR) is 105 cm³/mol. The van der Waals surface area contributed by atoms with Crippen LogP contribution in [0.25, 0.3) is 6.08 Å². The summed E-state index contributed by atoms with van der Waals surface area (Å²) in [5.74, 6) is -0.934. The summed E-state index contributed by atoms with van der Waals surface area (Å²) in [4.78, 5) is 25.2. The standard InChI is InChI=1S/C17H10Cl2N2O2S2/c18-12-7-3-1-5-10(12)9-14-16(23)21(17(24)25-14)20-15(22)11-6-2-4-8-13(11)19/h1-9H,(H,20,22)/b14-9+. The molecule has 1 saturated heterocycles. The van der Waals surface area contributed by atoms with Gasteiger partial charge in [-0.25, -0.2) is 0 Å². The van der Waals surface area contributed by atoms with Gasteiger partial charge in [0.1, 0.15) is 0 Å². The number of halogens is 2. The van der Waals surface area contributed by atoms with Gasteiger partial charge in [0, 0.05) is 5.02 Å². The van der Waals surface area contributed by atoms with Gasteiger partial charge in [0.15, 0.2) is 4.32 Å². The van der Waals surface area contributed by atoms with E-state index in [0.717, 1.165) is 16.8 Å². The van der Waals surface area contributed by atoms with E-state index in [-0.39, 0.29) is 14.9 Å². The van der Waals surface area contributed by atoms with Crippen molar-refractivity contribution in [3.8, 4) is 0 Å². The van der Waals surface area contributed by atoms with Gasteiger partial charge in [-0.15, -0.1) is 0 Å². The monoisotopic (exact) mass is 408 g/mol. The Balaban J connectivity index is 1.81. The third kappa shape index (κ3) is 3.88. The molecule has 1 aliphatic heterocycles. The molecule has 25 heavy (non-hydrogen) atoms. The average molecular weight is 409 g/mol. The van der Waals surface area contributed by atoms with E-state index in [1.807, 2.05) is 6.07 Å². The molecule has 1 heterocycles. The van der Waals surface area contributed by atoms with Gasteiger partial charge < -0.3 is 0 Å². The summed E-state index contributed by atoms with van der Waals surface area (Å²) in [7, 11) is 0. The van der Waals surface area contributed by atoms with E-state index in [2.05, 4.69) is 5.43 Å². The SMILES string of the molecule is O=C(NN1C(=O)/C(=C\c2ccccc2Cl)SC1=S)c1ccccc1Cl. The molecule has 0 bridgehead atoms. The van der Waals surface area contributed by atoms with E-state index in [1.165, 1.54) is 0 Å². The molecular weight excluding hydrogens is 399 g/mol. The summed E-state index contributed by atoms with van der Waals surface area (Å²) < 4.78 is 0.226. The van der Waals surface area contributed by atoms with Crippen LogP contribution in [0.2, 0.25) is 10.0 Å². The first-order valence-corrected chi connectivity index (χ1v) is 9.03. The van der Waals surface area contributed by atoms with E-state index >= 15 is 0 Å². The Morgan fingerprint density at radius 2 is 1.72 bits per heavy atom. The van der Waals surface area contributed by atoms with Gasteiger partial charge in [0.25, 0.3) is 11.8 Å². The Bertz CT molecular complexity index is 915. The lowest BCUT2D eigenvalue weighted by Crippen LogP contribution is -2.44. The molecule has 3 rings (SSSR count). The van der Waals surface area contributed by atoms with Crippen molar-refractivity contribution in [2.24, 2.45) is 0 Å². The Morgan fingerprint density at radius 3 is 2.40 bits per heavy atom. The third-order valence-corrected chi connectivity index (χ3v) is 5.29. The molecule has 2 aromatic rings. The van der Waals surface area contributed by atoms with Gasteiger partial charge in [-0.3, -0.25) is 15.0 Å². The normalized spacial score (nSPS) is 15.8. The predicted octanol–water partition coefficient (Wildman–Crippen LogP) is 4.54. The first kappa shape index (κ1) is 17.9. The number of thiocarbonyl (C=S) groups is 1. The Morgan fingerprint density at radius 1 is 1.08 bits per heavy atom. The lowest BCUT2D eigenvalue weighted by molar-refractivity contribution is -0.123. The Kier molecular flexibility index (Phi) is 5.44. The zero-order valence-electron chi connectivity index (χ0n) is 12.5. The highest BCUT2D eigenvalue weighted by atomic mass is 35.5. The smallest absolute Gasteiger partial charge is 0.267 e. The topological polar surface area (TPSA) is 49.4 Å². The third-order valence-electron chi connectivity index (χ3n) is 3.32. The van der Waals surface area contributed by atoms with Crippen LogP contribution in [0.15, 0.2) is 53.4 Å². The quantitative estimate of drug-likeness (QED) is 0.598. The lowest BCUT2D eigenvalue weighted by atomic mass is 10.2. The molecule has 126 valence electrons. The highest BCUT2D eigenvalue weighted by Gasteiger charge is 2.34. The minimum Gasteiger partial charge on any atom is -0.267 e. The van der Waals surface area contributed by atoms with Crippen molar-refractivity contribution in [2.45, 2.75) is 0 Å². The summed E-state index contributed by atoms with van der Waals surface area (Å²) in [6.07, 6.45) is 1.64. The summed E-state index contributed by atoms with van der Waals surface area (Å²) in [6.45, 7) is 0. The second-order valence-corrected chi connectivity index (χ2v) is 7.45. The fourth-order valence-corrected chi connectivity index (χ4v) is 3.69. The van der Waals surface area contributed by atoms with E-state index in [9.17, 15) is 9.59 Å². The molecule has 2 amide bonds. The number of thioether (sulfide) groups is 1. The molecule has 0 aromatic heterocycles.